The van der Waals surface area contributed by atoms with E-state index in [1.54, 1.807) is 11.8 Å². The number of amidine groups is 1. The monoisotopic (exact) mass is 376 g/mol. The smallest absolute Gasteiger partial charge is 0.163 e. The topological polar surface area (TPSA) is 42.9 Å². The molecule has 1 aromatic rings. The van der Waals surface area contributed by atoms with Crippen LogP contribution in [0.1, 0.15) is 0 Å². The first-order valence-electron chi connectivity index (χ1n) is 5.79. The molecule has 0 aliphatic carbocycles. The van der Waals surface area contributed by atoms with Gasteiger partial charge in [-0.05, 0) is 12.1 Å². The Labute approximate surface area is 124 Å². The molecule has 4 nitrogen and oxygen atoms in total. The first kappa shape index (κ1) is 12.4. The van der Waals surface area contributed by atoms with Crippen LogP contribution in [0.15, 0.2) is 23.2 Å². The van der Waals surface area contributed by atoms with E-state index >= 15 is 0 Å². The van der Waals surface area contributed by atoms with Crippen LogP contribution in [0, 0.1) is 0 Å². The minimum Gasteiger partial charge on any atom is -0.486 e. The fourth-order valence-electron chi connectivity index (χ4n) is 1.81. The molecular weight excluding hydrogens is 363 g/mol. The van der Waals surface area contributed by atoms with Gasteiger partial charge in [0.25, 0.3) is 0 Å². The van der Waals surface area contributed by atoms with Gasteiger partial charge in [-0.2, -0.15) is 0 Å². The van der Waals surface area contributed by atoms with Crippen LogP contribution < -0.4 is 14.8 Å². The minimum absolute atomic E-state index is 0.602. The van der Waals surface area contributed by atoms with E-state index in [2.05, 4.69) is 32.9 Å². The molecule has 0 spiro atoms. The summed E-state index contributed by atoms with van der Waals surface area (Å²) in [6, 6.07) is 5.90. The number of hydrogen-bond donors (Lipinski definition) is 1. The first-order valence-corrected chi connectivity index (χ1v) is 8.19. The van der Waals surface area contributed by atoms with Gasteiger partial charge >= 0.3 is 0 Å². The van der Waals surface area contributed by atoms with Gasteiger partial charge in [-0.15, -0.1) is 0 Å². The highest BCUT2D eigenvalue weighted by Gasteiger charge is 2.19. The number of rotatable bonds is 2. The van der Waals surface area contributed by atoms with Crippen molar-refractivity contribution in [1.82, 2.24) is 0 Å². The van der Waals surface area contributed by atoms with Gasteiger partial charge in [-0.25, -0.2) is 0 Å². The van der Waals surface area contributed by atoms with E-state index in [9.17, 15) is 0 Å². The van der Waals surface area contributed by atoms with Gasteiger partial charge in [0.1, 0.15) is 13.2 Å². The Hall–Kier alpha value is -0.630. The summed E-state index contributed by atoms with van der Waals surface area (Å²) in [7, 11) is 0. The van der Waals surface area contributed by atoms with Crippen molar-refractivity contribution in [2.75, 3.05) is 29.5 Å². The van der Waals surface area contributed by atoms with Gasteiger partial charge in [0.05, 0.1) is 6.54 Å². The quantitative estimate of drug-likeness (QED) is 0.637. The third kappa shape index (κ3) is 2.69. The third-order valence-electron chi connectivity index (χ3n) is 2.68. The SMILES string of the molecule is ICC1CN=C(Nc2ccc3c(c2)OCCO3)S1. The molecule has 2 aliphatic rings. The van der Waals surface area contributed by atoms with Crippen LogP contribution in [-0.4, -0.2) is 34.6 Å². The zero-order valence-electron chi connectivity index (χ0n) is 9.69. The predicted molar refractivity (Wildman–Crippen MR) is 83.6 cm³/mol. The van der Waals surface area contributed by atoms with Crippen molar-refractivity contribution >= 4 is 45.2 Å². The van der Waals surface area contributed by atoms with Crippen LogP contribution in [0.3, 0.4) is 0 Å². The standard InChI is InChI=1S/C12H13IN2O2S/c13-6-9-7-14-12(18-9)15-8-1-2-10-11(5-8)17-4-3-16-10/h1-2,5,9H,3-4,6-7H2,(H,14,15). The molecule has 0 aromatic heterocycles. The molecule has 2 aliphatic heterocycles. The maximum Gasteiger partial charge on any atom is 0.163 e. The van der Waals surface area contributed by atoms with Crippen molar-refractivity contribution in [3.8, 4) is 11.5 Å². The van der Waals surface area contributed by atoms with E-state index in [0.717, 1.165) is 33.3 Å². The third-order valence-corrected chi connectivity index (χ3v) is 5.45. The van der Waals surface area contributed by atoms with Crippen LogP contribution in [-0.2, 0) is 0 Å². The second-order valence-corrected chi connectivity index (χ2v) is 6.19. The zero-order valence-corrected chi connectivity index (χ0v) is 12.7. The summed E-state index contributed by atoms with van der Waals surface area (Å²) in [5.74, 6) is 1.62. The molecule has 0 amide bonds. The Morgan fingerprint density at radius 2 is 2.17 bits per heavy atom. The molecule has 96 valence electrons. The highest BCUT2D eigenvalue weighted by molar-refractivity contribution is 14.1. The summed E-state index contributed by atoms with van der Waals surface area (Å²) in [4.78, 5) is 4.49. The van der Waals surface area contributed by atoms with Crippen LogP contribution in [0.25, 0.3) is 0 Å². The molecule has 1 N–H and O–H groups in total. The summed E-state index contributed by atoms with van der Waals surface area (Å²) in [6.45, 7) is 2.14. The molecule has 0 fully saturated rings. The maximum absolute atomic E-state index is 5.56. The molecular formula is C12H13IN2O2S. The van der Waals surface area contributed by atoms with Crippen molar-refractivity contribution in [2.24, 2.45) is 4.99 Å². The Kier molecular flexibility index (Phi) is 3.83. The Morgan fingerprint density at radius 3 is 2.94 bits per heavy atom. The Morgan fingerprint density at radius 1 is 1.33 bits per heavy atom. The lowest BCUT2D eigenvalue weighted by atomic mass is 10.2. The van der Waals surface area contributed by atoms with Gasteiger partial charge in [-0.1, -0.05) is 34.4 Å². The fraction of sp³-hybridized carbons (Fsp3) is 0.417. The second kappa shape index (κ2) is 5.56. The lowest BCUT2D eigenvalue weighted by Crippen LogP contribution is -2.15. The zero-order chi connectivity index (χ0) is 12.4. The number of aliphatic imine (C=N–C) groups is 1. The van der Waals surface area contributed by atoms with E-state index < -0.39 is 0 Å². The first-order chi connectivity index (χ1) is 8.85. The van der Waals surface area contributed by atoms with Gasteiger partial charge in [0.15, 0.2) is 16.7 Å². The van der Waals surface area contributed by atoms with Crippen molar-refractivity contribution < 1.29 is 9.47 Å². The summed E-state index contributed by atoms with van der Waals surface area (Å²) in [6.07, 6.45) is 0. The number of alkyl halides is 1. The number of fused-ring (bicyclic) bond motifs is 1. The normalized spacial score (nSPS) is 21.6. The number of ether oxygens (including phenoxy) is 2. The van der Waals surface area contributed by atoms with E-state index in [0.29, 0.717) is 18.5 Å². The fourth-order valence-corrected chi connectivity index (χ4v) is 3.48. The number of hydrogen-bond acceptors (Lipinski definition) is 5. The van der Waals surface area contributed by atoms with Gasteiger partial charge < -0.3 is 14.8 Å². The van der Waals surface area contributed by atoms with Gasteiger partial charge in [-0.3, -0.25) is 4.99 Å². The number of nitrogens with one attached hydrogen (secondary N) is 1. The summed E-state index contributed by atoms with van der Waals surface area (Å²) < 4.78 is 12.2. The highest BCUT2D eigenvalue weighted by atomic mass is 127. The van der Waals surface area contributed by atoms with Gasteiger partial charge in [0, 0.05) is 21.4 Å². The number of benzene rings is 1. The van der Waals surface area contributed by atoms with Crippen molar-refractivity contribution in [2.45, 2.75) is 5.25 Å². The van der Waals surface area contributed by atoms with Crippen LogP contribution >= 0.6 is 34.4 Å². The molecule has 2 heterocycles. The maximum atomic E-state index is 5.56. The molecule has 1 unspecified atom stereocenters. The lowest BCUT2D eigenvalue weighted by Gasteiger charge is -2.19. The summed E-state index contributed by atoms with van der Waals surface area (Å²) in [5, 5.41) is 4.93. The molecule has 0 saturated carbocycles. The van der Waals surface area contributed by atoms with E-state index in [4.69, 9.17) is 9.47 Å². The second-order valence-electron chi connectivity index (χ2n) is 4.02. The highest BCUT2D eigenvalue weighted by Crippen LogP contribution is 2.33. The van der Waals surface area contributed by atoms with E-state index in [-0.39, 0.29) is 0 Å². The molecule has 1 aromatic carbocycles. The van der Waals surface area contributed by atoms with Crippen molar-refractivity contribution in [3.63, 3.8) is 0 Å². The predicted octanol–water partition coefficient (Wildman–Crippen LogP) is 2.78. The molecule has 0 bridgehead atoms. The largest absolute Gasteiger partial charge is 0.486 e. The molecule has 6 heteroatoms. The number of anilines is 1. The molecule has 18 heavy (non-hydrogen) atoms. The lowest BCUT2D eigenvalue weighted by molar-refractivity contribution is 0.171. The average Bonchev–Trinajstić information content (AvgIpc) is 2.86. The number of thioether (sulfide) groups is 1. The van der Waals surface area contributed by atoms with Crippen molar-refractivity contribution in [3.05, 3.63) is 18.2 Å². The average molecular weight is 376 g/mol. The Bertz CT molecular complexity index is 481. The van der Waals surface area contributed by atoms with Crippen LogP contribution in [0.2, 0.25) is 0 Å². The molecule has 1 atom stereocenters. The molecule has 0 saturated heterocycles. The minimum atomic E-state index is 0.602. The molecule has 0 radical (unpaired) electrons. The van der Waals surface area contributed by atoms with E-state index in [1.807, 2.05) is 18.2 Å². The van der Waals surface area contributed by atoms with Crippen LogP contribution in [0.4, 0.5) is 5.69 Å². The van der Waals surface area contributed by atoms with E-state index in [1.165, 1.54) is 0 Å². The van der Waals surface area contributed by atoms with Crippen molar-refractivity contribution in [1.29, 1.82) is 0 Å². The molecule has 3 rings (SSSR count). The van der Waals surface area contributed by atoms with Gasteiger partial charge in [0.2, 0.25) is 0 Å². The summed E-state index contributed by atoms with van der Waals surface area (Å²) in [5.41, 5.74) is 1.000. The van der Waals surface area contributed by atoms with Crippen LogP contribution in [0.5, 0.6) is 11.5 Å². The number of halogens is 1. The number of nitrogens with zero attached hydrogens (tertiary/aromatic N) is 1. The Balaban J connectivity index is 1.70. The summed E-state index contributed by atoms with van der Waals surface area (Å²) >= 11 is 4.20.